The topological polar surface area (TPSA) is 76.4 Å². The summed E-state index contributed by atoms with van der Waals surface area (Å²) in [5.41, 5.74) is 0.806. The van der Waals surface area contributed by atoms with E-state index in [1.54, 1.807) is 6.07 Å². The molecule has 0 saturated carbocycles. The number of nitrogens with zero attached hydrogens (tertiary/aromatic N) is 3. The Balaban J connectivity index is 1.59. The van der Waals surface area contributed by atoms with Crippen molar-refractivity contribution in [1.29, 1.82) is 0 Å². The Bertz CT molecular complexity index is 970. The number of nitrogens with one attached hydrogen (secondary N) is 1. The molecule has 1 aromatic carbocycles. The third-order valence-electron chi connectivity index (χ3n) is 3.23. The number of benzene rings is 1. The molecule has 0 aliphatic carbocycles. The van der Waals surface area contributed by atoms with E-state index < -0.39 is 5.82 Å². The minimum absolute atomic E-state index is 0.181. The van der Waals surface area contributed by atoms with Crippen LogP contribution in [-0.4, -0.2) is 26.3 Å². The number of hydrogen-bond donors (Lipinski definition) is 1. The molecule has 0 saturated heterocycles. The monoisotopic (exact) mass is 378 g/mol. The predicted octanol–water partition coefficient (Wildman–Crippen LogP) is 2.72. The smallest absolute Gasteiger partial charge is 0.275 e. The van der Waals surface area contributed by atoms with E-state index in [1.807, 2.05) is 6.92 Å². The molecule has 0 fully saturated rings. The minimum atomic E-state index is -0.403. The summed E-state index contributed by atoms with van der Waals surface area (Å²) in [7, 11) is 0. The second-order valence-electron chi connectivity index (χ2n) is 5.18. The van der Waals surface area contributed by atoms with Crippen molar-refractivity contribution < 1.29 is 9.18 Å². The number of hydrogen-bond acceptors (Lipinski definition) is 6. The van der Waals surface area contributed by atoms with Gasteiger partial charge in [0.1, 0.15) is 10.8 Å². The Morgan fingerprint density at radius 3 is 3.00 bits per heavy atom. The highest BCUT2D eigenvalue weighted by Crippen LogP contribution is 2.15. The third-order valence-corrected chi connectivity index (χ3v) is 5.25. The van der Waals surface area contributed by atoms with E-state index in [4.69, 9.17) is 0 Å². The lowest BCUT2D eigenvalue weighted by Crippen LogP contribution is -2.16. The van der Waals surface area contributed by atoms with Gasteiger partial charge in [-0.3, -0.25) is 9.59 Å². The summed E-state index contributed by atoms with van der Waals surface area (Å²) in [5, 5.41) is 7.67. The number of aryl methyl sites for hydroxylation is 1. The van der Waals surface area contributed by atoms with Crippen LogP contribution in [0.3, 0.4) is 0 Å². The van der Waals surface area contributed by atoms with E-state index in [1.165, 1.54) is 51.9 Å². The van der Waals surface area contributed by atoms with Crippen molar-refractivity contribution >= 4 is 39.7 Å². The molecule has 0 unspecified atom stereocenters. The number of rotatable bonds is 6. The molecule has 2 heterocycles. The van der Waals surface area contributed by atoms with Crippen LogP contribution in [0.25, 0.3) is 4.96 Å². The van der Waals surface area contributed by atoms with Gasteiger partial charge in [0.05, 0.1) is 11.4 Å². The fraction of sp³-hybridized carbons (Fsp3) is 0.250. The number of halogens is 1. The lowest BCUT2D eigenvalue weighted by atomic mass is 10.3. The SMILES string of the molecule is CCc1nn2c(=O)cc(CSCC(=O)Nc3cccc(F)c3)nc2s1. The molecular weight excluding hydrogens is 363 g/mol. The standard InChI is InChI=1S/C16H15FN4O2S2/c1-2-14-20-21-15(23)7-12(19-16(21)25-14)8-24-9-13(22)18-11-5-3-4-10(17)6-11/h3-7H,2,8-9H2,1H3,(H,18,22). The van der Waals surface area contributed by atoms with Crippen LogP contribution in [0, 0.1) is 5.82 Å². The molecule has 0 radical (unpaired) electrons. The van der Waals surface area contributed by atoms with Crippen molar-refractivity contribution in [2.24, 2.45) is 0 Å². The fourth-order valence-corrected chi connectivity index (χ4v) is 3.70. The van der Waals surface area contributed by atoms with Crippen LogP contribution in [0.5, 0.6) is 0 Å². The normalized spacial score (nSPS) is 11.0. The Morgan fingerprint density at radius 2 is 2.24 bits per heavy atom. The molecule has 0 atom stereocenters. The van der Waals surface area contributed by atoms with E-state index in [-0.39, 0.29) is 17.2 Å². The van der Waals surface area contributed by atoms with Crippen molar-refractivity contribution in [2.45, 2.75) is 19.1 Å². The number of amides is 1. The number of thioether (sulfide) groups is 1. The molecule has 130 valence electrons. The summed E-state index contributed by atoms with van der Waals surface area (Å²) in [6.07, 6.45) is 0.748. The van der Waals surface area contributed by atoms with Gasteiger partial charge in [0, 0.05) is 17.5 Å². The Kier molecular flexibility index (Phi) is 5.44. The average Bonchev–Trinajstić information content (AvgIpc) is 2.99. The second kappa shape index (κ2) is 7.75. The first-order valence-electron chi connectivity index (χ1n) is 7.57. The fourth-order valence-electron chi connectivity index (χ4n) is 2.12. The molecule has 1 N–H and O–H groups in total. The quantitative estimate of drug-likeness (QED) is 0.714. The van der Waals surface area contributed by atoms with Crippen LogP contribution in [-0.2, 0) is 17.0 Å². The van der Waals surface area contributed by atoms with Crippen molar-refractivity contribution in [3.63, 3.8) is 0 Å². The van der Waals surface area contributed by atoms with E-state index in [0.29, 0.717) is 22.1 Å². The molecule has 1 amide bonds. The van der Waals surface area contributed by atoms with Crippen LogP contribution in [0.2, 0.25) is 0 Å². The average molecular weight is 378 g/mol. The summed E-state index contributed by atoms with van der Waals surface area (Å²) >= 11 is 2.72. The van der Waals surface area contributed by atoms with E-state index >= 15 is 0 Å². The molecule has 6 nitrogen and oxygen atoms in total. The molecular formula is C16H15FN4O2S2. The zero-order valence-electron chi connectivity index (χ0n) is 13.4. The van der Waals surface area contributed by atoms with Gasteiger partial charge in [-0.2, -0.15) is 9.61 Å². The summed E-state index contributed by atoms with van der Waals surface area (Å²) in [5.74, 6) is -0.0267. The number of anilines is 1. The first-order chi connectivity index (χ1) is 12.0. The summed E-state index contributed by atoms with van der Waals surface area (Å²) in [6, 6.07) is 7.16. The second-order valence-corrected chi connectivity index (χ2v) is 7.21. The van der Waals surface area contributed by atoms with Gasteiger partial charge in [-0.15, -0.1) is 11.8 Å². The number of carbonyl (C=O) groups excluding carboxylic acids is 1. The highest BCUT2D eigenvalue weighted by molar-refractivity contribution is 7.99. The van der Waals surface area contributed by atoms with Crippen molar-refractivity contribution in [2.75, 3.05) is 11.1 Å². The highest BCUT2D eigenvalue weighted by atomic mass is 32.2. The van der Waals surface area contributed by atoms with Gasteiger partial charge in [-0.05, 0) is 24.6 Å². The molecule has 3 aromatic rings. The van der Waals surface area contributed by atoms with Gasteiger partial charge in [0.25, 0.3) is 5.56 Å². The maximum Gasteiger partial charge on any atom is 0.275 e. The van der Waals surface area contributed by atoms with Gasteiger partial charge in [-0.1, -0.05) is 24.3 Å². The maximum atomic E-state index is 13.1. The number of aromatic nitrogens is 3. The Hall–Kier alpha value is -2.26. The Labute approximate surface area is 151 Å². The first kappa shape index (κ1) is 17.6. The minimum Gasteiger partial charge on any atom is -0.325 e. The van der Waals surface area contributed by atoms with Crippen LogP contribution < -0.4 is 10.9 Å². The summed E-state index contributed by atoms with van der Waals surface area (Å²) in [4.78, 5) is 28.9. The lowest BCUT2D eigenvalue weighted by molar-refractivity contribution is -0.113. The molecule has 0 spiro atoms. The van der Waals surface area contributed by atoms with Gasteiger partial charge < -0.3 is 5.32 Å². The van der Waals surface area contributed by atoms with E-state index in [0.717, 1.165) is 11.4 Å². The summed E-state index contributed by atoms with van der Waals surface area (Å²) in [6.45, 7) is 1.97. The van der Waals surface area contributed by atoms with Gasteiger partial charge in [0.15, 0.2) is 0 Å². The van der Waals surface area contributed by atoms with E-state index in [9.17, 15) is 14.0 Å². The largest absolute Gasteiger partial charge is 0.325 e. The van der Waals surface area contributed by atoms with Crippen LogP contribution in [0.4, 0.5) is 10.1 Å². The molecule has 3 rings (SSSR count). The highest BCUT2D eigenvalue weighted by Gasteiger charge is 2.09. The van der Waals surface area contributed by atoms with E-state index in [2.05, 4.69) is 15.4 Å². The number of carbonyl (C=O) groups is 1. The maximum absolute atomic E-state index is 13.1. The zero-order valence-corrected chi connectivity index (χ0v) is 15.0. The molecule has 0 bridgehead atoms. The van der Waals surface area contributed by atoms with Crippen molar-refractivity contribution in [1.82, 2.24) is 14.6 Å². The molecule has 0 aliphatic heterocycles. The first-order valence-corrected chi connectivity index (χ1v) is 9.54. The molecule has 25 heavy (non-hydrogen) atoms. The van der Waals surface area contributed by atoms with Crippen LogP contribution >= 0.6 is 23.1 Å². The lowest BCUT2D eigenvalue weighted by Gasteiger charge is -2.05. The number of fused-ring (bicyclic) bond motifs is 1. The third kappa shape index (κ3) is 4.43. The van der Waals surface area contributed by atoms with Crippen molar-refractivity contribution in [3.8, 4) is 0 Å². The van der Waals surface area contributed by atoms with Gasteiger partial charge in [-0.25, -0.2) is 9.37 Å². The molecule has 9 heteroatoms. The predicted molar refractivity (Wildman–Crippen MR) is 97.7 cm³/mol. The van der Waals surface area contributed by atoms with Crippen molar-refractivity contribution in [3.05, 3.63) is 57.2 Å². The van der Waals surface area contributed by atoms with Crippen LogP contribution in [0.15, 0.2) is 35.1 Å². The van der Waals surface area contributed by atoms with Crippen LogP contribution in [0.1, 0.15) is 17.6 Å². The zero-order chi connectivity index (χ0) is 17.8. The van der Waals surface area contributed by atoms with Gasteiger partial charge in [0.2, 0.25) is 10.9 Å². The Morgan fingerprint density at radius 1 is 1.40 bits per heavy atom. The van der Waals surface area contributed by atoms with Gasteiger partial charge >= 0.3 is 0 Å². The molecule has 2 aromatic heterocycles. The summed E-state index contributed by atoms with van der Waals surface area (Å²) < 4.78 is 14.4. The molecule has 0 aliphatic rings.